The summed E-state index contributed by atoms with van der Waals surface area (Å²) >= 11 is 0. The van der Waals surface area contributed by atoms with Crippen LogP contribution in [0.2, 0.25) is 0 Å². The molecule has 0 bridgehead atoms. The fourth-order valence-electron chi connectivity index (χ4n) is 2.25. The monoisotopic (exact) mass is 256 g/mol. The fraction of sp³-hybridized carbons (Fsp3) is 0.133. The van der Waals surface area contributed by atoms with Crippen LogP contribution < -0.4 is 4.74 Å². The Labute approximate surface area is 110 Å². The number of aromatic nitrogens is 2. The zero-order valence-corrected chi connectivity index (χ0v) is 10.7. The van der Waals surface area contributed by atoms with Gasteiger partial charge < -0.3 is 4.74 Å². The summed E-state index contributed by atoms with van der Waals surface area (Å²) in [5.41, 5.74) is 2.07. The van der Waals surface area contributed by atoms with Crippen LogP contribution in [0.4, 0.5) is 4.39 Å². The molecule has 96 valence electrons. The van der Waals surface area contributed by atoms with Crippen molar-refractivity contribution in [1.29, 1.82) is 0 Å². The van der Waals surface area contributed by atoms with E-state index in [4.69, 9.17) is 4.74 Å². The molecule has 0 saturated carbocycles. The second-order valence-electron chi connectivity index (χ2n) is 4.39. The number of hydrogen-bond acceptors (Lipinski definition) is 2. The molecule has 0 spiro atoms. The van der Waals surface area contributed by atoms with Crippen molar-refractivity contribution in [2.24, 2.45) is 7.05 Å². The highest BCUT2D eigenvalue weighted by atomic mass is 19.1. The average Bonchev–Trinajstić information content (AvgIpc) is 2.77. The number of rotatable bonds is 2. The first-order valence-electron chi connectivity index (χ1n) is 5.95. The smallest absolute Gasteiger partial charge is 0.134 e. The lowest BCUT2D eigenvalue weighted by Gasteiger charge is -2.09. The second kappa shape index (κ2) is 4.39. The minimum Gasteiger partial charge on any atom is -0.496 e. The molecular weight excluding hydrogens is 243 g/mol. The maximum Gasteiger partial charge on any atom is 0.134 e. The predicted octanol–water partition coefficient (Wildman–Crippen LogP) is 3.39. The largest absolute Gasteiger partial charge is 0.496 e. The van der Waals surface area contributed by atoms with Gasteiger partial charge in [-0.3, -0.25) is 4.68 Å². The van der Waals surface area contributed by atoms with Crippen molar-refractivity contribution in [1.82, 2.24) is 9.78 Å². The number of nitrogens with zero attached hydrogens (tertiary/aromatic N) is 2. The summed E-state index contributed by atoms with van der Waals surface area (Å²) in [5.74, 6) is 0.227. The standard InChI is InChI=1S/C15H13FN2O/c1-18-9-11-7-6-10(8-13(11)17-18)15-12(16)4-3-5-14(15)19-2/h3-9H,1-2H3. The third kappa shape index (κ3) is 1.95. The van der Waals surface area contributed by atoms with Gasteiger partial charge in [0.05, 0.1) is 18.2 Å². The number of halogens is 1. The molecule has 0 unspecified atom stereocenters. The van der Waals surface area contributed by atoms with E-state index in [1.807, 2.05) is 31.4 Å². The highest BCUT2D eigenvalue weighted by Gasteiger charge is 2.12. The summed E-state index contributed by atoms with van der Waals surface area (Å²) in [6, 6.07) is 10.5. The molecule has 0 fully saturated rings. The topological polar surface area (TPSA) is 27.1 Å². The van der Waals surface area contributed by atoms with E-state index in [1.54, 1.807) is 16.8 Å². The van der Waals surface area contributed by atoms with Gasteiger partial charge >= 0.3 is 0 Å². The Morgan fingerprint density at radius 1 is 1.21 bits per heavy atom. The van der Waals surface area contributed by atoms with Crippen LogP contribution in [0.1, 0.15) is 0 Å². The van der Waals surface area contributed by atoms with Gasteiger partial charge in [-0.05, 0) is 23.8 Å². The molecule has 0 amide bonds. The quantitative estimate of drug-likeness (QED) is 0.702. The minimum atomic E-state index is -0.297. The summed E-state index contributed by atoms with van der Waals surface area (Å²) in [7, 11) is 3.40. The van der Waals surface area contributed by atoms with Crippen LogP contribution >= 0.6 is 0 Å². The van der Waals surface area contributed by atoms with E-state index in [1.165, 1.54) is 13.2 Å². The van der Waals surface area contributed by atoms with E-state index < -0.39 is 0 Å². The Hall–Kier alpha value is -2.36. The molecule has 0 aliphatic carbocycles. The molecule has 3 aromatic rings. The van der Waals surface area contributed by atoms with Crippen LogP contribution in [-0.2, 0) is 7.05 Å². The summed E-state index contributed by atoms with van der Waals surface area (Å²) in [4.78, 5) is 0. The Balaban J connectivity index is 2.23. The van der Waals surface area contributed by atoms with Gasteiger partial charge in [-0.1, -0.05) is 18.2 Å². The van der Waals surface area contributed by atoms with E-state index in [-0.39, 0.29) is 5.82 Å². The van der Waals surface area contributed by atoms with Crippen LogP contribution in [0.15, 0.2) is 42.6 Å². The van der Waals surface area contributed by atoms with Crippen LogP contribution in [0.5, 0.6) is 5.75 Å². The van der Waals surface area contributed by atoms with E-state index in [2.05, 4.69) is 5.10 Å². The van der Waals surface area contributed by atoms with Gasteiger partial charge in [0, 0.05) is 18.6 Å². The van der Waals surface area contributed by atoms with Crippen molar-refractivity contribution in [2.45, 2.75) is 0 Å². The van der Waals surface area contributed by atoms with Gasteiger partial charge in [0.25, 0.3) is 0 Å². The third-order valence-corrected chi connectivity index (χ3v) is 3.11. The molecule has 2 aromatic carbocycles. The average molecular weight is 256 g/mol. The normalized spacial score (nSPS) is 10.9. The molecule has 19 heavy (non-hydrogen) atoms. The van der Waals surface area contributed by atoms with Crippen molar-refractivity contribution in [3.8, 4) is 16.9 Å². The minimum absolute atomic E-state index is 0.297. The van der Waals surface area contributed by atoms with Gasteiger partial charge in [0.15, 0.2) is 0 Å². The fourth-order valence-corrected chi connectivity index (χ4v) is 2.25. The number of aryl methyl sites for hydroxylation is 1. The van der Waals surface area contributed by atoms with Gasteiger partial charge in [-0.25, -0.2) is 4.39 Å². The first-order valence-corrected chi connectivity index (χ1v) is 5.95. The van der Waals surface area contributed by atoms with Gasteiger partial charge in [0.1, 0.15) is 11.6 Å². The van der Waals surface area contributed by atoms with Gasteiger partial charge in [-0.2, -0.15) is 5.10 Å². The third-order valence-electron chi connectivity index (χ3n) is 3.11. The zero-order chi connectivity index (χ0) is 13.4. The summed E-state index contributed by atoms with van der Waals surface area (Å²) in [6.07, 6.45) is 1.93. The maximum absolute atomic E-state index is 14.0. The van der Waals surface area contributed by atoms with Crippen molar-refractivity contribution in [2.75, 3.05) is 7.11 Å². The van der Waals surface area contributed by atoms with Crippen molar-refractivity contribution in [3.63, 3.8) is 0 Å². The molecule has 0 aliphatic heterocycles. The number of fused-ring (bicyclic) bond motifs is 1. The first kappa shape index (κ1) is 11.7. The summed E-state index contributed by atoms with van der Waals surface area (Å²) < 4.78 is 21.0. The highest BCUT2D eigenvalue weighted by molar-refractivity contribution is 5.85. The lowest BCUT2D eigenvalue weighted by atomic mass is 10.0. The summed E-state index contributed by atoms with van der Waals surface area (Å²) in [5, 5.41) is 5.37. The number of hydrogen-bond donors (Lipinski definition) is 0. The Bertz CT molecular complexity index is 749. The first-order chi connectivity index (χ1) is 9.19. The lowest BCUT2D eigenvalue weighted by Crippen LogP contribution is -1.91. The molecule has 0 N–H and O–H groups in total. The zero-order valence-electron chi connectivity index (χ0n) is 10.7. The molecule has 3 rings (SSSR count). The molecule has 1 heterocycles. The Morgan fingerprint density at radius 2 is 2.05 bits per heavy atom. The SMILES string of the molecule is COc1cccc(F)c1-c1ccc2cn(C)nc2c1. The number of ether oxygens (including phenoxy) is 1. The van der Waals surface area contributed by atoms with Crippen molar-refractivity contribution >= 4 is 10.9 Å². The van der Waals surface area contributed by atoms with Crippen molar-refractivity contribution in [3.05, 3.63) is 48.4 Å². The molecule has 1 aromatic heterocycles. The van der Waals surface area contributed by atoms with Crippen LogP contribution in [-0.4, -0.2) is 16.9 Å². The van der Waals surface area contributed by atoms with E-state index in [0.29, 0.717) is 11.3 Å². The molecular formula is C15H13FN2O. The molecule has 0 radical (unpaired) electrons. The molecule has 3 nitrogen and oxygen atoms in total. The molecule has 0 atom stereocenters. The van der Waals surface area contributed by atoms with E-state index in [0.717, 1.165) is 16.5 Å². The Kier molecular flexibility index (Phi) is 2.71. The number of benzene rings is 2. The lowest BCUT2D eigenvalue weighted by molar-refractivity contribution is 0.413. The molecule has 0 aliphatic rings. The van der Waals surface area contributed by atoms with E-state index >= 15 is 0 Å². The maximum atomic E-state index is 14.0. The summed E-state index contributed by atoms with van der Waals surface area (Å²) in [6.45, 7) is 0. The van der Waals surface area contributed by atoms with E-state index in [9.17, 15) is 4.39 Å². The van der Waals surface area contributed by atoms with Crippen molar-refractivity contribution < 1.29 is 9.13 Å². The molecule has 4 heteroatoms. The highest BCUT2D eigenvalue weighted by Crippen LogP contribution is 2.33. The molecule has 0 saturated heterocycles. The van der Waals surface area contributed by atoms with Crippen LogP contribution in [0, 0.1) is 5.82 Å². The van der Waals surface area contributed by atoms with Gasteiger partial charge in [0.2, 0.25) is 0 Å². The van der Waals surface area contributed by atoms with Crippen LogP contribution in [0.3, 0.4) is 0 Å². The second-order valence-corrected chi connectivity index (χ2v) is 4.39. The van der Waals surface area contributed by atoms with Gasteiger partial charge in [-0.15, -0.1) is 0 Å². The number of methoxy groups -OCH3 is 1. The van der Waals surface area contributed by atoms with Crippen LogP contribution in [0.25, 0.3) is 22.0 Å². The predicted molar refractivity (Wildman–Crippen MR) is 72.7 cm³/mol. The Morgan fingerprint density at radius 3 is 2.84 bits per heavy atom.